The van der Waals surface area contributed by atoms with Crippen molar-refractivity contribution in [3.8, 4) is 5.75 Å². The molecule has 4 rings (SSSR count). The molecule has 1 aromatic heterocycles. The van der Waals surface area contributed by atoms with E-state index in [2.05, 4.69) is 10.3 Å². The van der Waals surface area contributed by atoms with Crippen LogP contribution in [0.5, 0.6) is 5.75 Å². The quantitative estimate of drug-likeness (QED) is 0.818. The lowest BCUT2D eigenvalue weighted by Gasteiger charge is -2.41. The molecule has 1 N–H and O–H groups in total. The number of ether oxygens (including phenoxy) is 1. The second kappa shape index (κ2) is 8.46. The first-order valence-electron chi connectivity index (χ1n) is 9.96. The van der Waals surface area contributed by atoms with Gasteiger partial charge in [0.1, 0.15) is 5.75 Å². The highest BCUT2D eigenvalue weighted by molar-refractivity contribution is 5.97. The number of aromatic nitrogens is 1. The van der Waals surface area contributed by atoms with E-state index in [9.17, 15) is 9.59 Å². The number of para-hydroxylation sites is 1. The van der Waals surface area contributed by atoms with Gasteiger partial charge in [0.25, 0.3) is 11.8 Å². The first-order valence-corrected chi connectivity index (χ1v) is 9.96. The van der Waals surface area contributed by atoms with E-state index >= 15 is 0 Å². The van der Waals surface area contributed by atoms with E-state index in [0.717, 1.165) is 38.5 Å². The van der Waals surface area contributed by atoms with Crippen LogP contribution in [0.15, 0.2) is 41.3 Å². The van der Waals surface area contributed by atoms with Gasteiger partial charge >= 0.3 is 0 Å². The molecule has 2 aliphatic rings. The summed E-state index contributed by atoms with van der Waals surface area (Å²) in [6, 6.07) is 7.18. The number of oxazole rings is 1. The third-order valence-electron chi connectivity index (χ3n) is 5.53. The predicted molar refractivity (Wildman–Crippen MR) is 102 cm³/mol. The molecule has 2 atom stereocenters. The Kier molecular flexibility index (Phi) is 5.60. The zero-order chi connectivity index (χ0) is 19.3. The third-order valence-corrected chi connectivity index (χ3v) is 5.53. The van der Waals surface area contributed by atoms with Gasteiger partial charge in [0.05, 0.1) is 24.4 Å². The second-order valence-corrected chi connectivity index (χ2v) is 7.35. The molecule has 28 heavy (non-hydrogen) atoms. The monoisotopic (exact) mass is 383 g/mol. The maximum atomic E-state index is 13.0. The van der Waals surface area contributed by atoms with E-state index in [1.165, 1.54) is 12.6 Å². The highest BCUT2D eigenvalue weighted by atomic mass is 16.5. The normalized spacial score (nSPS) is 23.3. The molecule has 0 aliphatic carbocycles. The summed E-state index contributed by atoms with van der Waals surface area (Å²) in [5, 5.41) is 3.16. The molecule has 148 valence electrons. The molecule has 0 unspecified atom stereocenters. The Bertz CT molecular complexity index is 821. The van der Waals surface area contributed by atoms with Crippen LogP contribution in [0.4, 0.5) is 0 Å². The van der Waals surface area contributed by atoms with Crippen LogP contribution in [-0.4, -0.2) is 46.9 Å². The van der Waals surface area contributed by atoms with Crippen LogP contribution in [0.2, 0.25) is 0 Å². The van der Waals surface area contributed by atoms with Crippen molar-refractivity contribution in [2.24, 2.45) is 0 Å². The largest absolute Gasteiger partial charge is 0.493 e. The fraction of sp³-hybridized carbons (Fsp3) is 0.476. The molecule has 2 aromatic rings. The summed E-state index contributed by atoms with van der Waals surface area (Å²) in [4.78, 5) is 31.6. The third kappa shape index (κ3) is 3.88. The summed E-state index contributed by atoms with van der Waals surface area (Å²) in [7, 11) is 0. The van der Waals surface area contributed by atoms with E-state index in [1.807, 2.05) is 23.1 Å². The Morgan fingerprint density at radius 2 is 2.04 bits per heavy atom. The first-order chi connectivity index (χ1) is 13.7. The van der Waals surface area contributed by atoms with E-state index in [-0.39, 0.29) is 29.7 Å². The molecule has 1 aromatic carbocycles. The number of nitrogens with zero attached hydrogens (tertiary/aromatic N) is 2. The Hall–Kier alpha value is -2.83. The van der Waals surface area contributed by atoms with Gasteiger partial charge in [-0.1, -0.05) is 18.6 Å². The molecule has 1 saturated heterocycles. The van der Waals surface area contributed by atoms with Crippen LogP contribution >= 0.6 is 0 Å². The molecule has 0 saturated carbocycles. The smallest absolute Gasteiger partial charge is 0.291 e. The number of carbonyl (C=O) groups is 2. The van der Waals surface area contributed by atoms with Crippen LogP contribution in [0, 0.1) is 0 Å². The Balaban J connectivity index is 1.60. The molecule has 2 aliphatic heterocycles. The molecular weight excluding hydrogens is 358 g/mol. The van der Waals surface area contributed by atoms with Crippen LogP contribution in [0.3, 0.4) is 0 Å². The number of carbonyl (C=O) groups excluding carboxylic acids is 2. The molecule has 2 amide bonds. The van der Waals surface area contributed by atoms with Gasteiger partial charge in [-0.2, -0.15) is 0 Å². The number of hydrogen-bond donors (Lipinski definition) is 1. The Morgan fingerprint density at radius 3 is 2.89 bits per heavy atom. The lowest BCUT2D eigenvalue weighted by Crippen LogP contribution is -2.57. The summed E-state index contributed by atoms with van der Waals surface area (Å²) in [6.45, 7) is 1.25. The molecular formula is C21H25N3O4. The minimum atomic E-state index is -0.155. The van der Waals surface area contributed by atoms with Gasteiger partial charge in [0.2, 0.25) is 5.76 Å². The average Bonchev–Trinajstić information content (AvgIpc) is 3.25. The molecule has 0 bridgehead atoms. The van der Waals surface area contributed by atoms with Crippen molar-refractivity contribution < 1.29 is 18.7 Å². The number of rotatable bonds is 1. The minimum Gasteiger partial charge on any atom is -0.493 e. The molecule has 0 radical (unpaired) electrons. The fourth-order valence-electron chi connectivity index (χ4n) is 4.14. The molecule has 3 heterocycles. The van der Waals surface area contributed by atoms with Gasteiger partial charge in [-0.3, -0.25) is 9.59 Å². The highest BCUT2D eigenvalue weighted by Gasteiger charge is 2.36. The average molecular weight is 383 g/mol. The van der Waals surface area contributed by atoms with E-state index in [4.69, 9.17) is 9.15 Å². The number of amides is 2. The van der Waals surface area contributed by atoms with Gasteiger partial charge in [-0.25, -0.2) is 4.98 Å². The maximum Gasteiger partial charge on any atom is 0.291 e. The van der Waals surface area contributed by atoms with Crippen molar-refractivity contribution >= 4 is 11.8 Å². The highest BCUT2D eigenvalue weighted by Crippen LogP contribution is 2.27. The number of benzene rings is 1. The van der Waals surface area contributed by atoms with Crippen molar-refractivity contribution in [2.75, 3.05) is 13.2 Å². The summed E-state index contributed by atoms with van der Waals surface area (Å²) < 4.78 is 11.1. The standard InChI is InChI=1S/C21H25N3O4/c25-20-15-7-3-4-10-18(15)27-12-5-1-2-9-17-16(23-20)8-6-11-24(17)21(26)19-13-22-14-28-19/h3-4,7,10,13-14,16-17H,1-2,5-6,8-9,11-12H2,(H,23,25)/t16-,17-/m0/s1. The molecule has 1 fully saturated rings. The Labute approximate surface area is 164 Å². The van der Waals surface area contributed by atoms with Crippen LogP contribution in [0.25, 0.3) is 0 Å². The van der Waals surface area contributed by atoms with E-state index in [1.54, 1.807) is 6.07 Å². The first kappa shape index (κ1) is 18.5. The second-order valence-electron chi connectivity index (χ2n) is 7.35. The number of hydrogen-bond acceptors (Lipinski definition) is 5. The fourth-order valence-corrected chi connectivity index (χ4v) is 4.14. The van der Waals surface area contributed by atoms with Crippen molar-refractivity contribution in [1.29, 1.82) is 0 Å². The summed E-state index contributed by atoms with van der Waals surface area (Å²) in [5.74, 6) is 0.553. The van der Waals surface area contributed by atoms with Crippen molar-refractivity contribution in [3.05, 3.63) is 48.2 Å². The predicted octanol–water partition coefficient (Wildman–Crippen LogP) is 3.03. The molecule has 7 nitrogen and oxygen atoms in total. The minimum absolute atomic E-state index is 0.0530. The Morgan fingerprint density at radius 1 is 1.14 bits per heavy atom. The van der Waals surface area contributed by atoms with Crippen molar-refractivity contribution in [2.45, 2.75) is 50.6 Å². The topological polar surface area (TPSA) is 84.7 Å². The zero-order valence-corrected chi connectivity index (χ0v) is 15.8. The van der Waals surface area contributed by atoms with Crippen LogP contribution < -0.4 is 10.1 Å². The van der Waals surface area contributed by atoms with Gasteiger partial charge in [0.15, 0.2) is 6.39 Å². The number of nitrogens with one attached hydrogen (secondary N) is 1. The molecule has 0 spiro atoms. The van der Waals surface area contributed by atoms with Gasteiger partial charge < -0.3 is 19.4 Å². The SMILES string of the molecule is O=C1N[C@H]2CCCN(C(=O)c3cnco3)[C@H]2CCCCCOc2ccccc21. The van der Waals surface area contributed by atoms with Gasteiger partial charge in [-0.05, 0) is 44.2 Å². The zero-order valence-electron chi connectivity index (χ0n) is 15.8. The maximum absolute atomic E-state index is 13.0. The number of likely N-dealkylation sites (tertiary alicyclic amines) is 1. The van der Waals surface area contributed by atoms with E-state index < -0.39 is 0 Å². The van der Waals surface area contributed by atoms with Crippen molar-refractivity contribution in [1.82, 2.24) is 15.2 Å². The lowest BCUT2D eigenvalue weighted by molar-refractivity contribution is 0.0476. The summed E-state index contributed by atoms with van der Waals surface area (Å²) in [6.07, 6.45) is 8.16. The van der Waals surface area contributed by atoms with Crippen LogP contribution in [0.1, 0.15) is 59.4 Å². The number of piperidine rings is 1. The van der Waals surface area contributed by atoms with Gasteiger partial charge in [0, 0.05) is 12.6 Å². The van der Waals surface area contributed by atoms with Crippen molar-refractivity contribution in [3.63, 3.8) is 0 Å². The van der Waals surface area contributed by atoms with Gasteiger partial charge in [-0.15, -0.1) is 0 Å². The van der Waals surface area contributed by atoms with Crippen LogP contribution in [-0.2, 0) is 0 Å². The summed E-state index contributed by atoms with van der Waals surface area (Å²) >= 11 is 0. The molecule has 7 heteroatoms. The summed E-state index contributed by atoms with van der Waals surface area (Å²) in [5.41, 5.74) is 0.542. The van der Waals surface area contributed by atoms with E-state index in [0.29, 0.717) is 24.5 Å². The number of fused-ring (bicyclic) bond motifs is 2. The lowest BCUT2D eigenvalue weighted by atomic mass is 9.91.